The topological polar surface area (TPSA) is 55.4 Å². The SMILES string of the molecule is CC(C)(C)S(=O)(=O)CCNCCOCC(F)F. The summed E-state index contributed by atoms with van der Waals surface area (Å²) in [7, 11) is -3.13. The Kier molecular flexibility index (Phi) is 7.11. The number of alkyl halides is 2. The maximum atomic E-state index is 11.7. The van der Waals surface area contributed by atoms with Crippen LogP contribution in [0, 0.1) is 0 Å². The van der Waals surface area contributed by atoms with E-state index in [9.17, 15) is 17.2 Å². The molecule has 17 heavy (non-hydrogen) atoms. The first-order valence-corrected chi connectivity index (χ1v) is 7.11. The second-order valence-electron chi connectivity index (χ2n) is 4.65. The first-order chi connectivity index (χ1) is 7.67. The third kappa shape index (κ3) is 7.62. The lowest BCUT2D eigenvalue weighted by molar-refractivity contribution is 0.0189. The van der Waals surface area contributed by atoms with Crippen molar-refractivity contribution in [2.24, 2.45) is 0 Å². The lowest BCUT2D eigenvalue weighted by Gasteiger charge is -2.19. The quantitative estimate of drug-likeness (QED) is 0.672. The molecule has 0 aliphatic rings. The van der Waals surface area contributed by atoms with Crippen molar-refractivity contribution in [3.05, 3.63) is 0 Å². The van der Waals surface area contributed by atoms with E-state index in [-0.39, 0.29) is 12.4 Å². The van der Waals surface area contributed by atoms with Crippen LogP contribution in [0.15, 0.2) is 0 Å². The summed E-state index contributed by atoms with van der Waals surface area (Å²) in [5.41, 5.74) is 0. The standard InChI is InChI=1S/C10H21F2NO3S/c1-10(2,3)17(14,15)7-5-13-4-6-16-8-9(11)12/h9,13H,4-8H2,1-3H3. The van der Waals surface area contributed by atoms with Gasteiger partial charge in [-0.05, 0) is 20.8 Å². The second-order valence-corrected chi connectivity index (χ2v) is 7.51. The van der Waals surface area contributed by atoms with E-state index in [0.717, 1.165) is 0 Å². The third-order valence-corrected chi connectivity index (χ3v) is 4.76. The summed E-state index contributed by atoms with van der Waals surface area (Å²) < 4.78 is 50.5. The minimum atomic E-state index is -3.13. The summed E-state index contributed by atoms with van der Waals surface area (Å²) >= 11 is 0. The lowest BCUT2D eigenvalue weighted by Crippen LogP contribution is -2.35. The molecule has 0 aromatic carbocycles. The zero-order valence-electron chi connectivity index (χ0n) is 10.5. The fourth-order valence-corrected chi connectivity index (χ4v) is 1.98. The average molecular weight is 273 g/mol. The van der Waals surface area contributed by atoms with Crippen LogP contribution < -0.4 is 5.32 Å². The highest BCUT2D eigenvalue weighted by molar-refractivity contribution is 7.92. The molecule has 0 atom stereocenters. The smallest absolute Gasteiger partial charge is 0.261 e. The van der Waals surface area contributed by atoms with Crippen LogP contribution >= 0.6 is 0 Å². The van der Waals surface area contributed by atoms with Gasteiger partial charge in [0, 0.05) is 13.1 Å². The molecule has 0 unspecified atom stereocenters. The first kappa shape index (κ1) is 16.7. The van der Waals surface area contributed by atoms with E-state index in [4.69, 9.17) is 0 Å². The van der Waals surface area contributed by atoms with Crippen molar-refractivity contribution in [3.8, 4) is 0 Å². The number of ether oxygens (including phenoxy) is 1. The van der Waals surface area contributed by atoms with Gasteiger partial charge in [0.05, 0.1) is 17.1 Å². The van der Waals surface area contributed by atoms with Crippen molar-refractivity contribution in [3.63, 3.8) is 0 Å². The van der Waals surface area contributed by atoms with E-state index in [1.54, 1.807) is 20.8 Å². The molecule has 104 valence electrons. The van der Waals surface area contributed by atoms with Gasteiger partial charge in [-0.25, -0.2) is 17.2 Å². The van der Waals surface area contributed by atoms with Gasteiger partial charge >= 0.3 is 0 Å². The summed E-state index contributed by atoms with van der Waals surface area (Å²) in [6.07, 6.45) is -2.46. The summed E-state index contributed by atoms with van der Waals surface area (Å²) in [4.78, 5) is 0. The predicted molar refractivity (Wildman–Crippen MR) is 63.2 cm³/mol. The van der Waals surface area contributed by atoms with Gasteiger partial charge in [0.1, 0.15) is 6.61 Å². The molecular weight excluding hydrogens is 252 g/mol. The van der Waals surface area contributed by atoms with Crippen molar-refractivity contribution in [2.45, 2.75) is 31.9 Å². The van der Waals surface area contributed by atoms with Crippen LogP contribution in [0.3, 0.4) is 0 Å². The molecule has 0 aliphatic heterocycles. The van der Waals surface area contributed by atoms with Crippen molar-refractivity contribution < 1.29 is 21.9 Å². The Morgan fingerprint density at radius 3 is 2.29 bits per heavy atom. The molecule has 0 rings (SSSR count). The van der Waals surface area contributed by atoms with Crippen LogP contribution in [-0.4, -0.2) is 51.6 Å². The number of hydrogen-bond acceptors (Lipinski definition) is 4. The number of sulfone groups is 1. The van der Waals surface area contributed by atoms with Gasteiger partial charge in [0.2, 0.25) is 0 Å². The monoisotopic (exact) mass is 273 g/mol. The van der Waals surface area contributed by atoms with Crippen LogP contribution in [0.4, 0.5) is 8.78 Å². The number of rotatable bonds is 8. The van der Waals surface area contributed by atoms with Gasteiger partial charge in [-0.15, -0.1) is 0 Å². The molecule has 0 amide bonds. The van der Waals surface area contributed by atoms with Gasteiger partial charge in [-0.3, -0.25) is 0 Å². The largest absolute Gasteiger partial charge is 0.374 e. The molecular formula is C10H21F2NO3S. The highest BCUT2D eigenvalue weighted by Gasteiger charge is 2.27. The Hall–Kier alpha value is -0.270. The fourth-order valence-electron chi connectivity index (χ4n) is 0.954. The Morgan fingerprint density at radius 2 is 1.82 bits per heavy atom. The van der Waals surface area contributed by atoms with Crippen LogP contribution in [0.1, 0.15) is 20.8 Å². The zero-order valence-corrected chi connectivity index (χ0v) is 11.3. The van der Waals surface area contributed by atoms with Crippen molar-refractivity contribution in [1.82, 2.24) is 5.32 Å². The van der Waals surface area contributed by atoms with Crippen LogP contribution in [0.5, 0.6) is 0 Å². The molecule has 0 aromatic heterocycles. The fraction of sp³-hybridized carbons (Fsp3) is 1.00. The number of hydrogen-bond donors (Lipinski definition) is 1. The lowest BCUT2D eigenvalue weighted by atomic mass is 10.3. The van der Waals surface area contributed by atoms with E-state index < -0.39 is 27.6 Å². The second kappa shape index (κ2) is 7.23. The molecule has 0 saturated carbocycles. The van der Waals surface area contributed by atoms with Gasteiger partial charge in [0.15, 0.2) is 9.84 Å². The minimum absolute atomic E-state index is 0.0331. The molecule has 0 aliphatic carbocycles. The predicted octanol–water partition coefficient (Wildman–Crippen LogP) is 1.07. The van der Waals surface area contributed by atoms with Crippen molar-refractivity contribution in [2.75, 3.05) is 32.1 Å². The van der Waals surface area contributed by atoms with Gasteiger partial charge in [-0.2, -0.15) is 0 Å². The van der Waals surface area contributed by atoms with E-state index in [1.807, 2.05) is 0 Å². The average Bonchev–Trinajstić information content (AvgIpc) is 2.13. The maximum absolute atomic E-state index is 11.7. The highest BCUT2D eigenvalue weighted by atomic mass is 32.2. The van der Waals surface area contributed by atoms with E-state index in [2.05, 4.69) is 10.1 Å². The third-order valence-electron chi connectivity index (χ3n) is 2.15. The molecule has 0 saturated heterocycles. The summed E-state index contributed by atoms with van der Waals surface area (Å²) in [5, 5.41) is 2.84. The minimum Gasteiger partial charge on any atom is -0.374 e. The van der Waals surface area contributed by atoms with E-state index in [0.29, 0.717) is 13.1 Å². The molecule has 4 nitrogen and oxygen atoms in total. The summed E-state index contributed by atoms with van der Waals surface area (Å²) in [6.45, 7) is 5.18. The maximum Gasteiger partial charge on any atom is 0.261 e. The molecule has 0 radical (unpaired) electrons. The first-order valence-electron chi connectivity index (χ1n) is 5.46. The zero-order chi connectivity index (χ0) is 13.5. The Morgan fingerprint density at radius 1 is 1.24 bits per heavy atom. The molecule has 0 fully saturated rings. The van der Waals surface area contributed by atoms with Crippen LogP contribution in [0.25, 0.3) is 0 Å². The van der Waals surface area contributed by atoms with Crippen molar-refractivity contribution in [1.29, 1.82) is 0 Å². The number of nitrogens with one attached hydrogen (secondary N) is 1. The summed E-state index contributed by atoms with van der Waals surface area (Å²) in [5.74, 6) is 0.0331. The molecule has 0 spiro atoms. The molecule has 0 heterocycles. The number of halogens is 2. The molecule has 7 heteroatoms. The Bertz CT molecular complexity index is 299. The molecule has 0 aromatic rings. The van der Waals surface area contributed by atoms with Gasteiger partial charge in [0.25, 0.3) is 6.43 Å². The Labute approximate surface area is 102 Å². The van der Waals surface area contributed by atoms with Crippen molar-refractivity contribution >= 4 is 9.84 Å². The highest BCUT2D eigenvalue weighted by Crippen LogP contribution is 2.14. The van der Waals surface area contributed by atoms with Crippen LogP contribution in [-0.2, 0) is 14.6 Å². The summed E-state index contributed by atoms with van der Waals surface area (Å²) in [6, 6.07) is 0. The molecule has 1 N–H and O–H groups in total. The molecule has 0 bridgehead atoms. The van der Waals surface area contributed by atoms with Gasteiger partial charge in [-0.1, -0.05) is 0 Å². The normalized spacial score (nSPS) is 13.3. The Balaban J connectivity index is 3.60. The van der Waals surface area contributed by atoms with E-state index >= 15 is 0 Å². The van der Waals surface area contributed by atoms with E-state index in [1.165, 1.54) is 0 Å². The van der Waals surface area contributed by atoms with Gasteiger partial charge < -0.3 is 10.1 Å². The van der Waals surface area contributed by atoms with Crippen LogP contribution in [0.2, 0.25) is 0 Å².